The summed E-state index contributed by atoms with van der Waals surface area (Å²) < 4.78 is 111. The quantitative estimate of drug-likeness (QED) is 0.294. The molecular weight excluding hydrogens is 450 g/mol. The van der Waals surface area contributed by atoms with Crippen LogP contribution >= 0.6 is 0 Å². The molecule has 2 rings (SSSR count). The van der Waals surface area contributed by atoms with Gasteiger partial charge in [0.05, 0.1) is 0 Å². The first-order chi connectivity index (χ1) is 13.6. The van der Waals surface area contributed by atoms with Crippen molar-refractivity contribution in [2.24, 2.45) is 0 Å². The van der Waals surface area contributed by atoms with Crippen molar-refractivity contribution in [3.63, 3.8) is 0 Å². The Morgan fingerprint density at radius 2 is 1.57 bits per heavy atom. The molecule has 0 heterocycles. The average molecular weight is 462 g/mol. The van der Waals surface area contributed by atoms with Crippen LogP contribution < -0.4 is 4.74 Å². The molecule has 2 N–H and O–H groups in total. The van der Waals surface area contributed by atoms with E-state index >= 15 is 0 Å². The van der Waals surface area contributed by atoms with Gasteiger partial charge in [0.15, 0.2) is 0 Å². The number of phenolic OH excluding ortho intramolecular Hbond substituents is 1. The molecule has 30 heavy (non-hydrogen) atoms. The number of alkyl halides is 6. The standard InChI is InChI=1S/C16H12F6O7S/c17-15(18,19)14(16(20,21)22,30(25,26)27)13(24)29-7-6-28-10-4-5-11-9(8-10)2-1-3-12(11)23/h1-5,8,23H,6-7H2,(H,25,26,27). The summed E-state index contributed by atoms with van der Waals surface area (Å²) in [5, 5.41) is 10.6. The number of rotatable bonds is 6. The first-order valence-corrected chi connectivity index (χ1v) is 9.19. The summed E-state index contributed by atoms with van der Waals surface area (Å²) in [4.78, 5) is 11.5. The smallest absolute Gasteiger partial charge is 0.430 e. The number of aromatic hydroxyl groups is 1. The van der Waals surface area contributed by atoms with Crippen molar-refractivity contribution in [1.29, 1.82) is 0 Å². The van der Waals surface area contributed by atoms with Gasteiger partial charge in [-0.25, -0.2) is 4.79 Å². The number of fused-ring (bicyclic) bond motifs is 1. The summed E-state index contributed by atoms with van der Waals surface area (Å²) in [7, 11) is -7.05. The Morgan fingerprint density at radius 3 is 2.10 bits per heavy atom. The van der Waals surface area contributed by atoms with Crippen LogP contribution in [0, 0.1) is 0 Å². The molecule has 0 saturated carbocycles. The molecular formula is C16H12F6O7S. The zero-order valence-corrected chi connectivity index (χ0v) is 15.3. The third kappa shape index (κ3) is 4.09. The molecule has 0 spiro atoms. The monoisotopic (exact) mass is 462 g/mol. The lowest BCUT2D eigenvalue weighted by Crippen LogP contribution is -2.67. The van der Waals surface area contributed by atoms with Gasteiger partial charge < -0.3 is 14.6 Å². The number of carbonyl (C=O) groups is 1. The minimum absolute atomic E-state index is 0.0474. The lowest BCUT2D eigenvalue weighted by molar-refractivity contribution is -0.268. The normalized spacial score (nSPS) is 13.3. The molecule has 0 aliphatic rings. The molecule has 0 fully saturated rings. The molecule has 0 amide bonds. The maximum absolute atomic E-state index is 13.0. The largest absolute Gasteiger partial charge is 0.507 e. The van der Waals surface area contributed by atoms with E-state index in [1.54, 1.807) is 6.07 Å². The summed E-state index contributed by atoms with van der Waals surface area (Å²) in [6.45, 7) is -1.94. The van der Waals surface area contributed by atoms with Gasteiger partial charge in [0, 0.05) is 5.39 Å². The number of hydrogen-bond acceptors (Lipinski definition) is 6. The minimum Gasteiger partial charge on any atom is -0.507 e. The van der Waals surface area contributed by atoms with E-state index in [9.17, 15) is 44.7 Å². The van der Waals surface area contributed by atoms with Crippen molar-refractivity contribution in [3.8, 4) is 11.5 Å². The van der Waals surface area contributed by atoms with Crippen molar-refractivity contribution in [2.75, 3.05) is 13.2 Å². The Balaban J connectivity index is 2.15. The number of phenols is 1. The summed E-state index contributed by atoms with van der Waals surface area (Å²) in [6.07, 6.45) is -13.5. The van der Waals surface area contributed by atoms with E-state index < -0.39 is 46.4 Å². The van der Waals surface area contributed by atoms with E-state index in [1.165, 1.54) is 30.3 Å². The average Bonchev–Trinajstić information content (AvgIpc) is 2.55. The van der Waals surface area contributed by atoms with Crippen molar-refractivity contribution in [2.45, 2.75) is 17.1 Å². The van der Waals surface area contributed by atoms with Crippen molar-refractivity contribution >= 4 is 26.9 Å². The molecule has 2 aromatic rings. The zero-order chi connectivity index (χ0) is 23.0. The molecule has 0 radical (unpaired) electrons. The van der Waals surface area contributed by atoms with Gasteiger partial charge in [-0.2, -0.15) is 34.8 Å². The van der Waals surface area contributed by atoms with Gasteiger partial charge in [0.1, 0.15) is 24.7 Å². The number of halogens is 6. The second-order valence-corrected chi connectivity index (χ2v) is 7.36. The Morgan fingerprint density at radius 1 is 0.967 bits per heavy atom. The maximum atomic E-state index is 13.0. The van der Waals surface area contributed by atoms with Gasteiger partial charge in [0.25, 0.3) is 0 Å². The molecule has 0 unspecified atom stereocenters. The number of hydrogen-bond donors (Lipinski definition) is 2. The van der Waals surface area contributed by atoms with Crippen molar-refractivity contribution < 1.29 is 58.7 Å². The molecule has 2 aromatic carbocycles. The number of esters is 1. The van der Waals surface area contributed by atoms with E-state index in [0.29, 0.717) is 10.8 Å². The van der Waals surface area contributed by atoms with Gasteiger partial charge in [-0.05, 0) is 29.7 Å². The SMILES string of the molecule is O=C(OCCOc1ccc2c(O)cccc2c1)C(C(F)(F)F)(C(F)(F)F)S(=O)(=O)O. The third-order valence-electron chi connectivity index (χ3n) is 3.89. The van der Waals surface area contributed by atoms with Crippen molar-refractivity contribution in [3.05, 3.63) is 36.4 Å². The summed E-state index contributed by atoms with van der Waals surface area (Å²) in [5.74, 6) is -3.25. The predicted octanol–water partition coefficient (Wildman–Crippen LogP) is 3.22. The van der Waals surface area contributed by atoms with Gasteiger partial charge in [-0.1, -0.05) is 12.1 Å². The predicted molar refractivity (Wildman–Crippen MR) is 88.5 cm³/mol. The molecule has 14 heteroatoms. The first-order valence-electron chi connectivity index (χ1n) is 7.75. The van der Waals surface area contributed by atoms with Gasteiger partial charge in [0.2, 0.25) is 0 Å². The fourth-order valence-electron chi connectivity index (χ4n) is 2.52. The Bertz CT molecular complexity index is 1030. The first kappa shape index (κ1) is 23.5. The van der Waals surface area contributed by atoms with E-state index in [1.807, 2.05) is 0 Å². The van der Waals surface area contributed by atoms with Crippen LogP contribution in [0.2, 0.25) is 0 Å². The lowest BCUT2D eigenvalue weighted by Gasteiger charge is -2.31. The molecule has 0 bridgehead atoms. The maximum Gasteiger partial charge on any atom is 0.430 e. The van der Waals surface area contributed by atoms with E-state index in [2.05, 4.69) is 4.74 Å². The van der Waals surface area contributed by atoms with Crippen LogP contribution in [0.4, 0.5) is 26.3 Å². The Hall–Kier alpha value is -2.74. The second kappa shape index (κ2) is 7.83. The third-order valence-corrected chi connectivity index (χ3v) is 5.29. The molecule has 0 aliphatic carbocycles. The fourth-order valence-corrected chi connectivity index (χ4v) is 3.37. The van der Waals surface area contributed by atoms with E-state index in [4.69, 9.17) is 9.29 Å². The molecule has 0 saturated heterocycles. The van der Waals surface area contributed by atoms with Gasteiger partial charge in [-0.15, -0.1) is 0 Å². The summed E-state index contributed by atoms with van der Waals surface area (Å²) in [6, 6.07) is 8.61. The molecule has 166 valence electrons. The highest BCUT2D eigenvalue weighted by Gasteiger charge is 2.84. The van der Waals surface area contributed by atoms with Crippen LogP contribution in [0.3, 0.4) is 0 Å². The van der Waals surface area contributed by atoms with Crippen LogP contribution in [-0.2, 0) is 19.6 Å². The molecule has 0 aromatic heterocycles. The number of carbonyl (C=O) groups excluding carboxylic acids is 1. The number of benzene rings is 2. The minimum atomic E-state index is -7.05. The molecule has 0 aliphatic heterocycles. The number of ether oxygens (including phenoxy) is 2. The van der Waals surface area contributed by atoms with Crippen LogP contribution in [0.15, 0.2) is 36.4 Å². The summed E-state index contributed by atoms with van der Waals surface area (Å²) in [5.41, 5.74) is 0. The van der Waals surface area contributed by atoms with E-state index in [-0.39, 0.29) is 11.5 Å². The fraction of sp³-hybridized carbons (Fsp3) is 0.312. The topological polar surface area (TPSA) is 110 Å². The second-order valence-electron chi connectivity index (χ2n) is 5.80. The zero-order valence-electron chi connectivity index (χ0n) is 14.5. The highest BCUT2D eigenvalue weighted by molar-refractivity contribution is 7.88. The van der Waals surface area contributed by atoms with Gasteiger partial charge in [-0.3, -0.25) is 4.55 Å². The van der Waals surface area contributed by atoms with Crippen LogP contribution in [0.5, 0.6) is 11.5 Å². The van der Waals surface area contributed by atoms with Crippen LogP contribution in [0.25, 0.3) is 10.8 Å². The van der Waals surface area contributed by atoms with E-state index in [0.717, 1.165) is 0 Å². The summed E-state index contributed by atoms with van der Waals surface area (Å²) >= 11 is 0. The van der Waals surface area contributed by atoms with Crippen LogP contribution in [-0.4, -0.2) is 54.4 Å². The highest BCUT2D eigenvalue weighted by Crippen LogP contribution is 2.49. The van der Waals surface area contributed by atoms with Crippen LogP contribution in [0.1, 0.15) is 0 Å². The lowest BCUT2D eigenvalue weighted by atomic mass is 10.1. The Labute approximate surface area is 164 Å². The van der Waals surface area contributed by atoms with Crippen molar-refractivity contribution in [1.82, 2.24) is 0 Å². The molecule has 7 nitrogen and oxygen atoms in total. The molecule has 0 atom stereocenters. The van der Waals surface area contributed by atoms with Gasteiger partial charge >= 0.3 is 33.2 Å². The Kier molecular flexibility index (Phi) is 6.14. The highest BCUT2D eigenvalue weighted by atomic mass is 32.2.